The van der Waals surface area contributed by atoms with Crippen LogP contribution >= 0.6 is 11.6 Å². The van der Waals surface area contributed by atoms with E-state index in [4.69, 9.17) is 17.3 Å². The van der Waals surface area contributed by atoms with Crippen molar-refractivity contribution in [3.05, 3.63) is 47.4 Å². The number of amides is 1. The lowest BCUT2D eigenvalue weighted by molar-refractivity contribution is -0.127. The number of nitrogens with zero attached hydrogens (tertiary/aromatic N) is 4. The van der Waals surface area contributed by atoms with Crippen molar-refractivity contribution in [2.24, 2.45) is 5.73 Å². The van der Waals surface area contributed by atoms with Crippen molar-refractivity contribution in [1.29, 1.82) is 0 Å². The standard InChI is InChI=1S/C18H20ClN7O/c19-13-3-1-12(2-4-13)9-21-17(27)18(20)5-7-26(8-6-18)16-14-10-24-25-15(14)22-11-23-16/h1-4,10-11H,5-9,20H2,(H,21,27)(H,22,23,24,25). The van der Waals surface area contributed by atoms with Gasteiger partial charge in [-0.2, -0.15) is 5.10 Å². The Morgan fingerprint density at radius 3 is 2.74 bits per heavy atom. The molecule has 0 radical (unpaired) electrons. The van der Waals surface area contributed by atoms with Crippen LogP contribution in [0.2, 0.25) is 5.02 Å². The molecule has 0 aliphatic carbocycles. The van der Waals surface area contributed by atoms with Crippen LogP contribution in [0.25, 0.3) is 11.0 Å². The first-order chi connectivity index (χ1) is 13.0. The number of benzene rings is 1. The van der Waals surface area contributed by atoms with Crippen LogP contribution in [0.1, 0.15) is 18.4 Å². The van der Waals surface area contributed by atoms with E-state index >= 15 is 0 Å². The molecule has 1 aliphatic heterocycles. The number of fused-ring (bicyclic) bond motifs is 1. The summed E-state index contributed by atoms with van der Waals surface area (Å²) in [5.41, 5.74) is 7.21. The average Bonchev–Trinajstić information content (AvgIpc) is 3.17. The van der Waals surface area contributed by atoms with Gasteiger partial charge >= 0.3 is 0 Å². The van der Waals surface area contributed by atoms with Gasteiger partial charge in [-0.25, -0.2) is 9.97 Å². The first-order valence-electron chi connectivity index (χ1n) is 8.76. The highest BCUT2D eigenvalue weighted by molar-refractivity contribution is 6.30. The number of aromatic amines is 1. The molecule has 8 nitrogen and oxygen atoms in total. The van der Waals surface area contributed by atoms with Gasteiger partial charge in [0.1, 0.15) is 12.1 Å². The lowest BCUT2D eigenvalue weighted by Gasteiger charge is -2.38. The maximum Gasteiger partial charge on any atom is 0.240 e. The molecule has 0 unspecified atom stereocenters. The minimum Gasteiger partial charge on any atom is -0.356 e. The Balaban J connectivity index is 1.39. The lowest BCUT2D eigenvalue weighted by atomic mass is 9.87. The van der Waals surface area contributed by atoms with Crippen LogP contribution in [0.15, 0.2) is 36.8 Å². The van der Waals surface area contributed by atoms with Crippen LogP contribution in [0.3, 0.4) is 0 Å². The maximum atomic E-state index is 12.7. The van der Waals surface area contributed by atoms with Crippen LogP contribution in [0.5, 0.6) is 0 Å². The van der Waals surface area contributed by atoms with Gasteiger partial charge in [0.2, 0.25) is 5.91 Å². The van der Waals surface area contributed by atoms with Crippen molar-refractivity contribution in [1.82, 2.24) is 25.5 Å². The Hall–Kier alpha value is -2.71. The van der Waals surface area contributed by atoms with Crippen molar-refractivity contribution in [3.63, 3.8) is 0 Å². The fourth-order valence-electron chi connectivity index (χ4n) is 3.31. The number of carbonyl (C=O) groups is 1. The summed E-state index contributed by atoms with van der Waals surface area (Å²) in [6.07, 6.45) is 4.32. The number of hydrogen-bond acceptors (Lipinski definition) is 6. The first kappa shape index (κ1) is 17.7. The van der Waals surface area contributed by atoms with Crippen LogP contribution in [0.4, 0.5) is 5.82 Å². The van der Waals surface area contributed by atoms with E-state index in [9.17, 15) is 4.79 Å². The lowest BCUT2D eigenvalue weighted by Crippen LogP contribution is -2.59. The first-order valence-corrected chi connectivity index (χ1v) is 9.14. The Labute approximate surface area is 161 Å². The molecule has 0 saturated carbocycles. The third kappa shape index (κ3) is 3.58. The largest absolute Gasteiger partial charge is 0.356 e. The van der Waals surface area contributed by atoms with E-state index in [1.165, 1.54) is 6.33 Å². The monoisotopic (exact) mass is 385 g/mol. The Kier molecular flexibility index (Phi) is 4.67. The molecular weight excluding hydrogens is 366 g/mol. The van der Waals surface area contributed by atoms with Crippen LogP contribution in [-0.4, -0.2) is 44.7 Å². The molecule has 140 valence electrons. The van der Waals surface area contributed by atoms with Gasteiger partial charge in [-0.3, -0.25) is 9.89 Å². The van der Waals surface area contributed by atoms with Gasteiger partial charge in [-0.1, -0.05) is 23.7 Å². The number of anilines is 1. The van der Waals surface area contributed by atoms with E-state index in [0.29, 0.717) is 43.1 Å². The number of rotatable bonds is 4. The van der Waals surface area contributed by atoms with Gasteiger partial charge in [-0.15, -0.1) is 0 Å². The van der Waals surface area contributed by atoms with E-state index in [2.05, 4.69) is 30.4 Å². The summed E-state index contributed by atoms with van der Waals surface area (Å²) in [7, 11) is 0. The number of carbonyl (C=O) groups excluding carboxylic acids is 1. The number of hydrogen-bond donors (Lipinski definition) is 3. The molecule has 9 heteroatoms. The molecule has 3 aromatic rings. The topological polar surface area (TPSA) is 113 Å². The highest BCUT2D eigenvalue weighted by Crippen LogP contribution is 2.27. The predicted octanol–water partition coefficient (Wildman–Crippen LogP) is 1.62. The van der Waals surface area contributed by atoms with Crippen molar-refractivity contribution in [2.75, 3.05) is 18.0 Å². The second-order valence-electron chi connectivity index (χ2n) is 6.78. The van der Waals surface area contributed by atoms with Crippen LogP contribution in [0, 0.1) is 0 Å². The predicted molar refractivity (Wildman–Crippen MR) is 103 cm³/mol. The molecule has 0 spiro atoms. The zero-order valence-corrected chi connectivity index (χ0v) is 15.4. The summed E-state index contributed by atoms with van der Waals surface area (Å²) in [4.78, 5) is 23.3. The molecule has 1 aliphatic rings. The zero-order valence-electron chi connectivity index (χ0n) is 14.7. The summed E-state index contributed by atoms with van der Waals surface area (Å²) in [6.45, 7) is 1.71. The molecule has 27 heavy (non-hydrogen) atoms. The van der Waals surface area contributed by atoms with Gasteiger partial charge in [0, 0.05) is 24.7 Å². The minimum atomic E-state index is -0.883. The highest BCUT2D eigenvalue weighted by Gasteiger charge is 2.38. The molecule has 0 bridgehead atoms. The molecular formula is C18H20ClN7O. The van der Waals surface area contributed by atoms with Crippen LogP contribution in [-0.2, 0) is 11.3 Å². The normalized spacial score (nSPS) is 16.4. The Morgan fingerprint density at radius 2 is 2.00 bits per heavy atom. The number of halogens is 1. The van der Waals surface area contributed by atoms with E-state index in [1.807, 2.05) is 12.1 Å². The summed E-state index contributed by atoms with van der Waals surface area (Å²) in [5, 5.41) is 11.3. The summed E-state index contributed by atoms with van der Waals surface area (Å²) >= 11 is 5.88. The van der Waals surface area contributed by atoms with E-state index in [0.717, 1.165) is 16.8 Å². The van der Waals surface area contributed by atoms with E-state index in [1.54, 1.807) is 18.3 Å². The smallest absolute Gasteiger partial charge is 0.240 e. The van der Waals surface area contributed by atoms with Crippen LogP contribution < -0.4 is 16.0 Å². The van der Waals surface area contributed by atoms with Gasteiger partial charge < -0.3 is 16.0 Å². The van der Waals surface area contributed by atoms with Crippen molar-refractivity contribution in [2.45, 2.75) is 24.9 Å². The molecule has 1 fully saturated rings. The van der Waals surface area contributed by atoms with E-state index < -0.39 is 5.54 Å². The van der Waals surface area contributed by atoms with Crippen molar-refractivity contribution >= 4 is 34.4 Å². The molecule has 0 atom stereocenters. The van der Waals surface area contributed by atoms with Gasteiger partial charge in [-0.05, 0) is 30.5 Å². The summed E-state index contributed by atoms with van der Waals surface area (Å²) in [6, 6.07) is 7.38. The summed E-state index contributed by atoms with van der Waals surface area (Å²) < 4.78 is 0. The van der Waals surface area contributed by atoms with E-state index in [-0.39, 0.29) is 5.91 Å². The maximum absolute atomic E-state index is 12.7. The molecule has 3 heterocycles. The average molecular weight is 386 g/mol. The fourth-order valence-corrected chi connectivity index (χ4v) is 3.44. The molecule has 1 aromatic carbocycles. The Bertz CT molecular complexity index is 948. The number of H-pyrrole nitrogens is 1. The molecule has 2 aromatic heterocycles. The second-order valence-corrected chi connectivity index (χ2v) is 7.22. The number of piperidine rings is 1. The quantitative estimate of drug-likeness (QED) is 0.629. The van der Waals surface area contributed by atoms with Gasteiger partial charge in [0.15, 0.2) is 5.65 Å². The van der Waals surface area contributed by atoms with Gasteiger partial charge in [0.25, 0.3) is 0 Å². The fraction of sp³-hybridized carbons (Fsp3) is 0.333. The third-order valence-electron chi connectivity index (χ3n) is 5.00. The second kappa shape index (κ2) is 7.13. The molecule has 1 saturated heterocycles. The SMILES string of the molecule is NC1(C(=O)NCc2ccc(Cl)cc2)CCN(c2ncnc3[nH]ncc23)CC1. The molecule has 4 rings (SSSR count). The number of aromatic nitrogens is 4. The zero-order chi connectivity index (χ0) is 18.9. The van der Waals surface area contributed by atoms with Gasteiger partial charge in [0.05, 0.1) is 17.1 Å². The highest BCUT2D eigenvalue weighted by atomic mass is 35.5. The van der Waals surface area contributed by atoms with Crippen molar-refractivity contribution in [3.8, 4) is 0 Å². The number of nitrogens with two attached hydrogens (primary N) is 1. The number of nitrogens with one attached hydrogen (secondary N) is 2. The summed E-state index contributed by atoms with van der Waals surface area (Å²) in [5.74, 6) is 0.686. The Morgan fingerprint density at radius 1 is 1.26 bits per heavy atom. The minimum absolute atomic E-state index is 0.131. The molecule has 1 amide bonds. The molecule has 4 N–H and O–H groups in total. The van der Waals surface area contributed by atoms with Crippen molar-refractivity contribution < 1.29 is 4.79 Å². The third-order valence-corrected chi connectivity index (χ3v) is 5.25.